The van der Waals surface area contributed by atoms with E-state index in [1.165, 1.54) is 31.2 Å². The second-order valence-electron chi connectivity index (χ2n) is 2.73. The van der Waals surface area contributed by atoms with Crippen LogP contribution in [0.15, 0.2) is 35.2 Å². The molecule has 1 aromatic carbocycles. The Morgan fingerprint density at radius 2 is 1.60 bits per heavy atom. The van der Waals surface area contributed by atoms with Crippen LogP contribution < -0.4 is 0 Å². The first-order valence-corrected chi connectivity index (χ1v) is 7.19. The summed E-state index contributed by atoms with van der Waals surface area (Å²) >= 11 is 0. The first-order chi connectivity index (χ1) is 6.87. The number of hydrogen-bond acceptors (Lipinski definition) is 4. The molecule has 15 heavy (non-hydrogen) atoms. The Morgan fingerprint density at radius 3 is 2.07 bits per heavy atom. The second kappa shape index (κ2) is 4.30. The van der Waals surface area contributed by atoms with Gasteiger partial charge in [-0.1, -0.05) is 25.1 Å². The predicted molar refractivity (Wildman–Crippen MR) is 56.4 cm³/mol. The van der Waals surface area contributed by atoms with Crippen molar-refractivity contribution in [3.63, 3.8) is 0 Å². The molecule has 0 unspecified atom stereocenters. The quantitative estimate of drug-likeness (QED) is 0.798. The van der Waals surface area contributed by atoms with Gasteiger partial charge in [-0.3, -0.25) is 0 Å². The third-order valence-electron chi connectivity index (χ3n) is 1.62. The van der Waals surface area contributed by atoms with Gasteiger partial charge in [-0.05, 0) is 12.1 Å². The summed E-state index contributed by atoms with van der Waals surface area (Å²) in [7, 11) is -7.98. The maximum absolute atomic E-state index is 11.5. The van der Waals surface area contributed by atoms with Crippen molar-refractivity contribution >= 4 is 20.0 Å². The third kappa shape index (κ3) is 3.29. The first-order valence-electron chi connectivity index (χ1n) is 4.14. The van der Waals surface area contributed by atoms with E-state index in [0.29, 0.717) is 0 Å². The molecule has 0 aliphatic heterocycles. The Kier molecular flexibility index (Phi) is 3.48. The summed E-state index contributed by atoms with van der Waals surface area (Å²) in [5.41, 5.74) is 0. The van der Waals surface area contributed by atoms with E-state index in [9.17, 15) is 16.8 Å². The number of rotatable bonds is 4. The average molecular weight is 248 g/mol. The molecule has 0 amide bonds. The van der Waals surface area contributed by atoms with Crippen molar-refractivity contribution in [1.82, 2.24) is 0 Å². The van der Waals surface area contributed by atoms with Crippen molar-refractivity contribution in [2.24, 2.45) is 0 Å². The van der Waals surface area contributed by atoms with Crippen LogP contribution >= 0.6 is 0 Å². The third-order valence-corrected chi connectivity index (χ3v) is 4.91. The van der Waals surface area contributed by atoms with Crippen molar-refractivity contribution in [2.75, 3.05) is 5.75 Å². The molecule has 84 valence electrons. The van der Waals surface area contributed by atoms with E-state index in [4.69, 9.17) is 0 Å². The Hall–Kier alpha value is -0.920. The number of hydrogen-bond donors (Lipinski definition) is 0. The summed E-state index contributed by atoms with van der Waals surface area (Å²) in [6.45, 7) is 1.33. The van der Waals surface area contributed by atoms with E-state index in [-0.39, 0.29) is 10.6 Å². The van der Waals surface area contributed by atoms with Crippen LogP contribution in [0.25, 0.3) is 4.13 Å². The smallest absolute Gasteiger partial charge is 0.112 e. The van der Waals surface area contributed by atoms with Crippen LogP contribution in [0.5, 0.6) is 0 Å². The fraction of sp³-hybridized carbons (Fsp3) is 0.250. The molecular weight excluding hydrogens is 238 g/mol. The molecule has 0 aromatic heterocycles. The van der Waals surface area contributed by atoms with Gasteiger partial charge in [-0.15, -0.1) is 0 Å². The van der Waals surface area contributed by atoms with Crippen LogP contribution in [0, 0.1) is 0 Å². The number of sulfonamides is 2. The zero-order chi connectivity index (χ0) is 11.5. The summed E-state index contributed by atoms with van der Waals surface area (Å²) in [5.74, 6) is -0.334. The summed E-state index contributed by atoms with van der Waals surface area (Å²) < 4.78 is 47.9. The largest absolute Gasteiger partial charge is 0.432 e. The van der Waals surface area contributed by atoms with E-state index in [1.54, 1.807) is 6.07 Å². The lowest BCUT2D eigenvalue weighted by Gasteiger charge is -2.19. The van der Waals surface area contributed by atoms with Crippen molar-refractivity contribution < 1.29 is 16.8 Å². The molecule has 0 radical (unpaired) electrons. The summed E-state index contributed by atoms with van der Waals surface area (Å²) in [6.07, 6.45) is 0. The molecule has 0 bridgehead atoms. The normalized spacial score (nSPS) is 12.6. The first kappa shape index (κ1) is 12.2. The van der Waals surface area contributed by atoms with Crippen molar-refractivity contribution in [2.45, 2.75) is 11.8 Å². The van der Waals surface area contributed by atoms with Gasteiger partial charge in [0.25, 0.3) is 0 Å². The van der Waals surface area contributed by atoms with Crippen LogP contribution in [0.4, 0.5) is 0 Å². The van der Waals surface area contributed by atoms with Gasteiger partial charge in [0.1, 0.15) is 10.0 Å². The van der Waals surface area contributed by atoms with Gasteiger partial charge >= 0.3 is 0 Å². The Balaban J connectivity index is 3.07. The van der Waals surface area contributed by atoms with E-state index in [2.05, 4.69) is 4.13 Å². The van der Waals surface area contributed by atoms with Crippen LogP contribution in [-0.2, 0) is 20.0 Å². The van der Waals surface area contributed by atoms with Gasteiger partial charge in [0.15, 0.2) is 0 Å². The highest BCUT2D eigenvalue weighted by Crippen LogP contribution is 2.19. The molecule has 0 saturated carbocycles. The second-order valence-corrected chi connectivity index (χ2v) is 6.49. The highest BCUT2D eigenvalue weighted by atomic mass is 32.3. The van der Waals surface area contributed by atoms with Gasteiger partial charge in [0.05, 0.1) is 10.0 Å². The predicted octanol–water partition coefficient (Wildman–Crippen LogP) is 1.10. The standard InChI is InChI=1S/C8H10NO4S2/c1-2-14(10,11)9-15(12,13)8-6-4-3-5-7-8/h3-7H,2H2,1H3/q-1. The van der Waals surface area contributed by atoms with E-state index >= 15 is 0 Å². The molecule has 0 fully saturated rings. The Bertz CT molecular complexity index is 519. The highest BCUT2D eigenvalue weighted by molar-refractivity contribution is 8.12. The molecular formula is C8H10NO4S2-. The number of benzene rings is 1. The summed E-state index contributed by atoms with van der Waals surface area (Å²) in [6, 6.07) is 7.23. The van der Waals surface area contributed by atoms with Crippen LogP contribution in [0.1, 0.15) is 6.92 Å². The highest BCUT2D eigenvalue weighted by Gasteiger charge is 2.08. The fourth-order valence-electron chi connectivity index (χ4n) is 0.838. The van der Waals surface area contributed by atoms with E-state index in [0.717, 1.165) is 0 Å². The molecule has 0 spiro atoms. The van der Waals surface area contributed by atoms with Crippen LogP contribution in [0.2, 0.25) is 0 Å². The molecule has 0 N–H and O–H groups in total. The van der Waals surface area contributed by atoms with Gasteiger partial charge in [0.2, 0.25) is 0 Å². The zero-order valence-corrected chi connectivity index (χ0v) is 9.62. The molecule has 0 heterocycles. The zero-order valence-electron chi connectivity index (χ0n) is 7.99. The average Bonchev–Trinajstić information content (AvgIpc) is 2.18. The minimum atomic E-state index is -4.09. The Morgan fingerprint density at radius 1 is 1.07 bits per heavy atom. The maximum atomic E-state index is 11.5. The van der Waals surface area contributed by atoms with Crippen LogP contribution in [-0.4, -0.2) is 22.6 Å². The monoisotopic (exact) mass is 248 g/mol. The van der Waals surface area contributed by atoms with E-state index < -0.39 is 20.0 Å². The van der Waals surface area contributed by atoms with Gasteiger partial charge < -0.3 is 4.13 Å². The molecule has 1 aromatic rings. The summed E-state index contributed by atoms with van der Waals surface area (Å²) in [4.78, 5) is -0.123. The van der Waals surface area contributed by atoms with Gasteiger partial charge in [-0.25, -0.2) is 16.8 Å². The SMILES string of the molecule is CCS(=O)(=O)[N-]S(=O)(=O)c1ccccc1. The lowest BCUT2D eigenvalue weighted by atomic mass is 10.4. The molecule has 0 aliphatic rings. The summed E-state index contributed by atoms with van der Waals surface area (Å²) in [5, 5.41) is 0. The minimum Gasteiger partial charge on any atom is -0.432 e. The van der Waals surface area contributed by atoms with Gasteiger partial charge in [-0.2, -0.15) is 0 Å². The Labute approximate surface area is 89.2 Å². The van der Waals surface area contributed by atoms with Crippen LogP contribution in [0.3, 0.4) is 0 Å². The fourth-order valence-corrected chi connectivity index (χ4v) is 3.30. The van der Waals surface area contributed by atoms with E-state index in [1.807, 2.05) is 0 Å². The molecule has 0 atom stereocenters. The van der Waals surface area contributed by atoms with Gasteiger partial charge in [0, 0.05) is 10.6 Å². The number of nitrogens with zero attached hydrogens (tertiary/aromatic N) is 1. The van der Waals surface area contributed by atoms with Crippen molar-refractivity contribution in [1.29, 1.82) is 0 Å². The minimum absolute atomic E-state index is 0.123. The van der Waals surface area contributed by atoms with Crippen molar-refractivity contribution in [3.8, 4) is 0 Å². The molecule has 5 nitrogen and oxygen atoms in total. The maximum Gasteiger partial charge on any atom is 0.112 e. The van der Waals surface area contributed by atoms with Crippen molar-refractivity contribution in [3.05, 3.63) is 34.5 Å². The molecule has 0 aliphatic carbocycles. The lowest BCUT2D eigenvalue weighted by Crippen LogP contribution is -2.08. The molecule has 1 rings (SSSR count). The topological polar surface area (TPSA) is 82.4 Å². The molecule has 0 saturated heterocycles. The lowest BCUT2D eigenvalue weighted by molar-refractivity contribution is 0.596. The molecule has 7 heteroatoms.